The van der Waals surface area contributed by atoms with Crippen LogP contribution >= 0.6 is 0 Å². The van der Waals surface area contributed by atoms with Crippen molar-refractivity contribution >= 4 is 17.5 Å². The van der Waals surface area contributed by atoms with Gasteiger partial charge in [-0.15, -0.1) is 0 Å². The van der Waals surface area contributed by atoms with Gasteiger partial charge in [0, 0.05) is 12.2 Å². The molecule has 1 atom stereocenters. The van der Waals surface area contributed by atoms with Crippen LogP contribution in [0.1, 0.15) is 24.2 Å². The van der Waals surface area contributed by atoms with Crippen molar-refractivity contribution < 1.29 is 14.7 Å². The van der Waals surface area contributed by atoms with E-state index in [9.17, 15) is 14.7 Å². The number of anilines is 1. The summed E-state index contributed by atoms with van der Waals surface area (Å²) in [6.07, 6.45) is 0.0586. The number of carbonyl (C=O) groups is 2. The van der Waals surface area contributed by atoms with Crippen LogP contribution in [0.5, 0.6) is 0 Å². The molecule has 2 aromatic carbocycles. The zero-order valence-electron chi connectivity index (χ0n) is 13.0. The van der Waals surface area contributed by atoms with Crippen LogP contribution in [-0.2, 0) is 16.0 Å². The summed E-state index contributed by atoms with van der Waals surface area (Å²) in [4.78, 5) is 23.6. The van der Waals surface area contributed by atoms with Gasteiger partial charge in [0.1, 0.15) is 0 Å². The first-order chi connectivity index (χ1) is 11.1. The maximum Gasteiger partial charge on any atom is 0.313 e. The lowest BCUT2D eigenvalue weighted by molar-refractivity contribution is -0.136. The molecule has 0 spiro atoms. The van der Waals surface area contributed by atoms with Gasteiger partial charge in [0.2, 0.25) is 0 Å². The molecule has 0 heterocycles. The van der Waals surface area contributed by atoms with Crippen molar-refractivity contribution in [1.29, 1.82) is 0 Å². The molecule has 2 amide bonds. The van der Waals surface area contributed by atoms with Crippen LogP contribution in [0.25, 0.3) is 0 Å². The van der Waals surface area contributed by atoms with Crippen molar-refractivity contribution in [3.05, 3.63) is 65.7 Å². The first-order valence-corrected chi connectivity index (χ1v) is 7.51. The van der Waals surface area contributed by atoms with Gasteiger partial charge in [-0.05, 0) is 29.7 Å². The number of aliphatic hydroxyl groups is 1. The third-order valence-electron chi connectivity index (χ3n) is 3.47. The monoisotopic (exact) mass is 312 g/mol. The van der Waals surface area contributed by atoms with Gasteiger partial charge in [0.05, 0.1) is 6.10 Å². The molecular weight excluding hydrogens is 292 g/mol. The van der Waals surface area contributed by atoms with Crippen molar-refractivity contribution in [2.75, 3.05) is 11.9 Å². The highest BCUT2D eigenvalue weighted by Gasteiger charge is 2.15. The Bertz CT molecular complexity index is 654. The molecule has 3 N–H and O–H groups in total. The van der Waals surface area contributed by atoms with Crippen molar-refractivity contribution in [3.8, 4) is 0 Å². The normalized spacial score (nSPS) is 11.6. The van der Waals surface area contributed by atoms with Gasteiger partial charge in [-0.3, -0.25) is 9.59 Å². The average Bonchev–Trinajstić information content (AvgIpc) is 2.60. The lowest BCUT2D eigenvalue weighted by Gasteiger charge is -2.12. The van der Waals surface area contributed by atoms with Crippen LogP contribution in [0, 0.1) is 0 Å². The number of nitrogens with one attached hydrogen (secondary N) is 2. The Balaban J connectivity index is 1.83. The number of carbonyl (C=O) groups excluding carboxylic acids is 2. The van der Waals surface area contributed by atoms with Crippen molar-refractivity contribution in [3.63, 3.8) is 0 Å². The van der Waals surface area contributed by atoms with Crippen molar-refractivity contribution in [2.45, 2.75) is 19.4 Å². The lowest BCUT2D eigenvalue weighted by Crippen LogP contribution is -2.37. The third kappa shape index (κ3) is 4.93. The van der Waals surface area contributed by atoms with Crippen LogP contribution in [-0.4, -0.2) is 23.5 Å². The molecular formula is C18H20N2O3. The Kier molecular flexibility index (Phi) is 5.88. The highest BCUT2D eigenvalue weighted by atomic mass is 16.3. The number of amides is 2. The SMILES string of the molecule is CCc1ccc(NC(=O)C(=O)NC[C@H](O)c2ccccc2)cc1. The Morgan fingerprint density at radius 2 is 1.65 bits per heavy atom. The van der Waals surface area contributed by atoms with Gasteiger partial charge in [0.15, 0.2) is 0 Å². The summed E-state index contributed by atoms with van der Waals surface area (Å²) < 4.78 is 0. The van der Waals surface area contributed by atoms with E-state index in [-0.39, 0.29) is 6.54 Å². The molecule has 23 heavy (non-hydrogen) atoms. The molecule has 5 heteroatoms. The Morgan fingerprint density at radius 1 is 1.00 bits per heavy atom. The second-order valence-corrected chi connectivity index (χ2v) is 5.14. The van der Waals surface area contributed by atoms with E-state index in [1.807, 2.05) is 25.1 Å². The predicted octanol–water partition coefficient (Wildman–Crippen LogP) is 2.04. The van der Waals surface area contributed by atoms with E-state index < -0.39 is 17.9 Å². The summed E-state index contributed by atoms with van der Waals surface area (Å²) in [6, 6.07) is 16.2. The van der Waals surface area contributed by atoms with E-state index in [0.717, 1.165) is 12.0 Å². The molecule has 0 aliphatic carbocycles. The number of hydrogen-bond acceptors (Lipinski definition) is 3. The maximum atomic E-state index is 11.8. The molecule has 5 nitrogen and oxygen atoms in total. The number of rotatable bonds is 5. The number of hydrogen-bond donors (Lipinski definition) is 3. The summed E-state index contributed by atoms with van der Waals surface area (Å²) in [5, 5.41) is 14.9. The standard InChI is InChI=1S/C18H20N2O3/c1-2-13-8-10-15(11-9-13)20-18(23)17(22)19-12-16(21)14-6-4-3-5-7-14/h3-11,16,21H,2,12H2,1H3,(H,19,22)(H,20,23)/t16-/m0/s1. The molecule has 0 bridgehead atoms. The van der Waals surface area contributed by atoms with Crippen molar-refractivity contribution in [2.24, 2.45) is 0 Å². The summed E-state index contributed by atoms with van der Waals surface area (Å²) in [5.41, 5.74) is 2.40. The third-order valence-corrected chi connectivity index (χ3v) is 3.47. The zero-order chi connectivity index (χ0) is 16.7. The van der Waals surface area contributed by atoms with Gasteiger partial charge in [0.25, 0.3) is 0 Å². The average molecular weight is 312 g/mol. The summed E-state index contributed by atoms with van der Waals surface area (Å²) in [5.74, 6) is -1.53. The van der Waals surface area contributed by atoms with E-state index in [1.165, 1.54) is 0 Å². The van der Waals surface area contributed by atoms with Gasteiger partial charge in [-0.1, -0.05) is 49.4 Å². The van der Waals surface area contributed by atoms with E-state index in [0.29, 0.717) is 11.3 Å². The highest BCUT2D eigenvalue weighted by Crippen LogP contribution is 2.11. The second kappa shape index (κ2) is 8.10. The minimum absolute atomic E-state index is 0.0228. The molecule has 2 aromatic rings. The topological polar surface area (TPSA) is 78.4 Å². The quantitative estimate of drug-likeness (QED) is 0.739. The molecule has 0 radical (unpaired) electrons. The van der Waals surface area contributed by atoms with Crippen LogP contribution in [0.3, 0.4) is 0 Å². The molecule has 2 rings (SSSR count). The van der Waals surface area contributed by atoms with E-state index in [2.05, 4.69) is 10.6 Å². The van der Waals surface area contributed by atoms with E-state index in [1.54, 1.807) is 36.4 Å². The molecule has 0 aromatic heterocycles. The first kappa shape index (κ1) is 16.7. The fraction of sp³-hybridized carbons (Fsp3) is 0.222. The molecule has 0 saturated heterocycles. The Hall–Kier alpha value is -2.66. The minimum Gasteiger partial charge on any atom is -0.387 e. The number of aryl methyl sites for hydroxylation is 1. The molecule has 0 unspecified atom stereocenters. The van der Waals surface area contributed by atoms with Gasteiger partial charge in [-0.25, -0.2) is 0 Å². The van der Waals surface area contributed by atoms with Crippen LogP contribution in [0.15, 0.2) is 54.6 Å². The molecule has 120 valence electrons. The summed E-state index contributed by atoms with van der Waals surface area (Å²) in [7, 11) is 0. The Morgan fingerprint density at radius 3 is 2.26 bits per heavy atom. The van der Waals surface area contributed by atoms with Gasteiger partial charge >= 0.3 is 11.8 Å². The number of aliphatic hydroxyl groups excluding tert-OH is 1. The minimum atomic E-state index is -0.850. The molecule has 0 saturated carbocycles. The summed E-state index contributed by atoms with van der Waals surface area (Å²) >= 11 is 0. The van der Waals surface area contributed by atoms with Crippen LogP contribution in [0.2, 0.25) is 0 Å². The smallest absolute Gasteiger partial charge is 0.313 e. The molecule has 0 aliphatic heterocycles. The zero-order valence-corrected chi connectivity index (χ0v) is 13.0. The summed E-state index contributed by atoms with van der Waals surface area (Å²) in [6.45, 7) is 2.02. The van der Waals surface area contributed by atoms with Gasteiger partial charge in [-0.2, -0.15) is 0 Å². The van der Waals surface area contributed by atoms with Crippen LogP contribution < -0.4 is 10.6 Å². The highest BCUT2D eigenvalue weighted by molar-refractivity contribution is 6.39. The van der Waals surface area contributed by atoms with E-state index in [4.69, 9.17) is 0 Å². The molecule has 0 fully saturated rings. The molecule has 0 aliphatic rings. The maximum absolute atomic E-state index is 11.8. The van der Waals surface area contributed by atoms with Crippen LogP contribution in [0.4, 0.5) is 5.69 Å². The van der Waals surface area contributed by atoms with Crippen molar-refractivity contribution in [1.82, 2.24) is 5.32 Å². The first-order valence-electron chi connectivity index (χ1n) is 7.51. The fourth-order valence-electron chi connectivity index (χ4n) is 2.07. The fourth-order valence-corrected chi connectivity index (χ4v) is 2.07. The lowest BCUT2D eigenvalue weighted by atomic mass is 10.1. The van der Waals surface area contributed by atoms with E-state index >= 15 is 0 Å². The van der Waals surface area contributed by atoms with Gasteiger partial charge < -0.3 is 15.7 Å². The second-order valence-electron chi connectivity index (χ2n) is 5.14. The number of benzene rings is 2. The largest absolute Gasteiger partial charge is 0.387 e. The Labute approximate surface area is 135 Å². The predicted molar refractivity (Wildman–Crippen MR) is 88.9 cm³/mol.